The summed E-state index contributed by atoms with van der Waals surface area (Å²) < 4.78 is 2.66. The summed E-state index contributed by atoms with van der Waals surface area (Å²) in [6, 6.07) is 61.6. The Hall–Kier alpha value is -5.70. The number of benzene rings is 8. The third-order valence-electron chi connectivity index (χ3n) is 9.06. The van der Waals surface area contributed by atoms with Gasteiger partial charge in [0.2, 0.25) is 0 Å². The topological polar surface area (TPSA) is 12.0 Å². The van der Waals surface area contributed by atoms with Crippen LogP contribution in [0.15, 0.2) is 170 Å². The van der Waals surface area contributed by atoms with Crippen molar-refractivity contribution in [3.8, 4) is 33.4 Å². The SMILES string of the molecule is c1ccc(-c2cc(-c3ccc4sc5ccccc5c4c3)ccc2Nc2ccc(-c3cc4ccccc4c4ccccc34)cc2)cc1. The summed E-state index contributed by atoms with van der Waals surface area (Å²) in [4.78, 5) is 0. The van der Waals surface area contributed by atoms with Gasteiger partial charge in [-0.3, -0.25) is 0 Å². The van der Waals surface area contributed by atoms with Gasteiger partial charge in [-0.25, -0.2) is 0 Å². The molecule has 0 saturated carbocycles. The zero-order chi connectivity index (χ0) is 30.5. The first-order valence-electron chi connectivity index (χ1n) is 15.7. The molecule has 1 N–H and O–H groups in total. The van der Waals surface area contributed by atoms with E-state index >= 15 is 0 Å². The monoisotopic (exact) mass is 603 g/mol. The van der Waals surface area contributed by atoms with Crippen LogP contribution in [0.5, 0.6) is 0 Å². The normalized spacial score (nSPS) is 11.5. The van der Waals surface area contributed by atoms with Crippen LogP contribution in [0.4, 0.5) is 11.4 Å². The lowest BCUT2D eigenvalue weighted by molar-refractivity contribution is 1.52. The molecule has 0 atom stereocenters. The molecular formula is C44H29NS. The van der Waals surface area contributed by atoms with Crippen LogP contribution in [0, 0.1) is 0 Å². The lowest BCUT2D eigenvalue weighted by Gasteiger charge is -2.16. The van der Waals surface area contributed by atoms with Crippen LogP contribution in [0.1, 0.15) is 0 Å². The third-order valence-corrected chi connectivity index (χ3v) is 10.2. The second-order valence-electron chi connectivity index (χ2n) is 11.8. The Morgan fingerprint density at radius 3 is 1.80 bits per heavy atom. The molecule has 0 bridgehead atoms. The number of rotatable bonds is 5. The van der Waals surface area contributed by atoms with Crippen molar-refractivity contribution in [2.75, 3.05) is 5.32 Å². The summed E-state index contributed by atoms with van der Waals surface area (Å²) in [7, 11) is 0. The average molecular weight is 604 g/mol. The van der Waals surface area contributed by atoms with Crippen molar-refractivity contribution in [1.82, 2.24) is 0 Å². The molecule has 2 heteroatoms. The van der Waals surface area contributed by atoms with E-state index in [0.717, 1.165) is 11.4 Å². The fraction of sp³-hybridized carbons (Fsp3) is 0. The van der Waals surface area contributed by atoms with Crippen LogP contribution in [-0.4, -0.2) is 0 Å². The van der Waals surface area contributed by atoms with Crippen molar-refractivity contribution in [1.29, 1.82) is 0 Å². The Bertz CT molecular complexity index is 2540. The highest BCUT2D eigenvalue weighted by Crippen LogP contribution is 2.40. The largest absolute Gasteiger partial charge is 0.355 e. The van der Waals surface area contributed by atoms with Crippen molar-refractivity contribution in [2.24, 2.45) is 0 Å². The fourth-order valence-corrected chi connectivity index (χ4v) is 7.86. The summed E-state index contributed by atoms with van der Waals surface area (Å²) in [5.41, 5.74) is 9.41. The van der Waals surface area contributed by atoms with E-state index in [1.165, 1.54) is 75.1 Å². The van der Waals surface area contributed by atoms with E-state index in [1.807, 2.05) is 11.3 Å². The van der Waals surface area contributed by atoms with Crippen molar-refractivity contribution in [2.45, 2.75) is 0 Å². The van der Waals surface area contributed by atoms with Gasteiger partial charge in [-0.1, -0.05) is 121 Å². The number of fused-ring (bicyclic) bond motifs is 6. The summed E-state index contributed by atoms with van der Waals surface area (Å²) >= 11 is 1.86. The molecule has 0 aliphatic rings. The highest BCUT2D eigenvalue weighted by atomic mass is 32.1. The van der Waals surface area contributed by atoms with Crippen LogP contribution in [0.25, 0.3) is 75.1 Å². The van der Waals surface area contributed by atoms with Gasteiger partial charge in [0.25, 0.3) is 0 Å². The number of nitrogens with one attached hydrogen (secondary N) is 1. The third kappa shape index (κ3) is 4.63. The molecule has 9 rings (SSSR count). The first-order valence-corrected chi connectivity index (χ1v) is 16.5. The van der Waals surface area contributed by atoms with Gasteiger partial charge in [0.15, 0.2) is 0 Å². The Morgan fingerprint density at radius 2 is 0.957 bits per heavy atom. The molecule has 8 aromatic carbocycles. The highest BCUT2D eigenvalue weighted by Gasteiger charge is 2.12. The quantitative estimate of drug-likeness (QED) is 0.193. The van der Waals surface area contributed by atoms with Gasteiger partial charge in [0, 0.05) is 37.1 Å². The standard InChI is InChI=1S/C44H29NS/c1-2-10-29(11-3-1)40-26-31(32-21-25-44-41(27-32)38-16-8-9-17-43(38)46-44)20-24-42(40)45-34-22-18-30(19-23-34)39-28-33-12-4-5-13-35(33)36-14-6-7-15-37(36)39/h1-28,45H. The maximum absolute atomic E-state index is 3.75. The first-order chi connectivity index (χ1) is 22.8. The highest BCUT2D eigenvalue weighted by molar-refractivity contribution is 7.25. The lowest BCUT2D eigenvalue weighted by atomic mass is 9.93. The maximum Gasteiger partial charge on any atom is 0.0464 e. The second kappa shape index (κ2) is 11.0. The molecule has 216 valence electrons. The van der Waals surface area contributed by atoms with E-state index in [-0.39, 0.29) is 0 Å². The number of hydrogen-bond acceptors (Lipinski definition) is 2. The molecule has 0 fully saturated rings. The predicted molar refractivity (Wildman–Crippen MR) is 200 cm³/mol. The van der Waals surface area contributed by atoms with E-state index in [2.05, 4.69) is 175 Å². The minimum atomic E-state index is 1.06. The summed E-state index contributed by atoms with van der Waals surface area (Å²) in [5, 5.41) is 11.5. The molecule has 0 amide bonds. The molecule has 1 nitrogen and oxygen atoms in total. The first kappa shape index (κ1) is 26.7. The van der Waals surface area contributed by atoms with Gasteiger partial charge in [0.05, 0.1) is 0 Å². The summed E-state index contributed by atoms with van der Waals surface area (Å²) in [6.07, 6.45) is 0. The van der Waals surface area contributed by atoms with Gasteiger partial charge in [-0.2, -0.15) is 0 Å². The van der Waals surface area contributed by atoms with Crippen LogP contribution in [0.2, 0.25) is 0 Å². The smallest absolute Gasteiger partial charge is 0.0464 e. The molecule has 1 heterocycles. The van der Waals surface area contributed by atoms with Crippen molar-refractivity contribution < 1.29 is 0 Å². The van der Waals surface area contributed by atoms with Crippen molar-refractivity contribution >= 4 is 64.4 Å². The lowest BCUT2D eigenvalue weighted by Crippen LogP contribution is -1.94. The molecule has 0 aliphatic heterocycles. The zero-order valence-corrected chi connectivity index (χ0v) is 25.9. The van der Waals surface area contributed by atoms with Gasteiger partial charge < -0.3 is 5.32 Å². The molecule has 46 heavy (non-hydrogen) atoms. The van der Waals surface area contributed by atoms with E-state index in [4.69, 9.17) is 0 Å². The summed E-state index contributed by atoms with van der Waals surface area (Å²) in [5.74, 6) is 0. The van der Waals surface area contributed by atoms with Crippen LogP contribution in [-0.2, 0) is 0 Å². The Balaban J connectivity index is 1.09. The molecule has 9 aromatic rings. The van der Waals surface area contributed by atoms with Crippen molar-refractivity contribution in [3.63, 3.8) is 0 Å². The number of thiophene rings is 1. The average Bonchev–Trinajstić information content (AvgIpc) is 3.50. The number of hydrogen-bond donors (Lipinski definition) is 1. The molecule has 0 unspecified atom stereocenters. The molecule has 0 spiro atoms. The predicted octanol–water partition coefficient (Wildman–Crippen LogP) is 13.1. The summed E-state index contributed by atoms with van der Waals surface area (Å²) in [6.45, 7) is 0. The Labute approximate surface area is 272 Å². The van der Waals surface area contributed by atoms with Gasteiger partial charge in [0.1, 0.15) is 0 Å². The Morgan fingerprint density at radius 1 is 0.348 bits per heavy atom. The van der Waals surface area contributed by atoms with Crippen LogP contribution >= 0.6 is 11.3 Å². The minimum Gasteiger partial charge on any atom is -0.355 e. The second-order valence-corrected chi connectivity index (χ2v) is 12.9. The fourth-order valence-electron chi connectivity index (χ4n) is 6.78. The molecule has 0 saturated heterocycles. The van der Waals surface area contributed by atoms with E-state index in [0.29, 0.717) is 0 Å². The van der Waals surface area contributed by atoms with Gasteiger partial charge in [-0.05, 0) is 97.9 Å². The zero-order valence-electron chi connectivity index (χ0n) is 25.1. The van der Waals surface area contributed by atoms with E-state index in [9.17, 15) is 0 Å². The van der Waals surface area contributed by atoms with Gasteiger partial charge in [-0.15, -0.1) is 11.3 Å². The van der Waals surface area contributed by atoms with Gasteiger partial charge >= 0.3 is 0 Å². The van der Waals surface area contributed by atoms with E-state index in [1.54, 1.807) is 0 Å². The molecule has 0 aliphatic carbocycles. The van der Waals surface area contributed by atoms with E-state index < -0.39 is 0 Å². The van der Waals surface area contributed by atoms with Crippen LogP contribution < -0.4 is 5.32 Å². The van der Waals surface area contributed by atoms with Crippen molar-refractivity contribution in [3.05, 3.63) is 170 Å². The molecule has 1 aromatic heterocycles. The minimum absolute atomic E-state index is 1.06. The Kier molecular flexibility index (Phi) is 6.40. The maximum atomic E-state index is 3.75. The molecule has 0 radical (unpaired) electrons. The molecular weight excluding hydrogens is 575 g/mol. The van der Waals surface area contributed by atoms with Crippen LogP contribution in [0.3, 0.4) is 0 Å². The number of anilines is 2.